The fourth-order valence-corrected chi connectivity index (χ4v) is 6.12. The highest BCUT2D eigenvalue weighted by atomic mass is 32.1. The second-order valence-corrected chi connectivity index (χ2v) is 10.1. The van der Waals surface area contributed by atoms with E-state index in [-0.39, 0.29) is 17.7 Å². The largest absolute Gasteiger partial charge is 0.463 e. The first-order valence-corrected chi connectivity index (χ1v) is 13.1. The van der Waals surface area contributed by atoms with Crippen LogP contribution >= 0.6 is 11.3 Å². The first-order valence-electron chi connectivity index (χ1n) is 12.3. The maximum absolute atomic E-state index is 14.0. The second-order valence-electron chi connectivity index (χ2n) is 9.09. The van der Waals surface area contributed by atoms with Gasteiger partial charge >= 0.3 is 5.97 Å². The van der Waals surface area contributed by atoms with Gasteiger partial charge in [0.2, 0.25) is 0 Å². The first-order chi connectivity index (χ1) is 18.5. The number of aromatic nitrogens is 1. The number of esters is 1. The summed E-state index contributed by atoms with van der Waals surface area (Å²) in [6, 6.07) is 23.4. The van der Waals surface area contributed by atoms with E-state index in [4.69, 9.17) is 4.74 Å². The number of hydrogen-bond acceptors (Lipinski definition) is 5. The Morgan fingerprint density at radius 1 is 1.03 bits per heavy atom. The zero-order valence-electron chi connectivity index (χ0n) is 20.8. The molecule has 7 heteroatoms. The maximum atomic E-state index is 14.0. The predicted octanol–water partition coefficient (Wildman–Crippen LogP) is 5.24. The summed E-state index contributed by atoms with van der Waals surface area (Å²) in [5.74, 6) is -0.945. The van der Waals surface area contributed by atoms with Gasteiger partial charge in [0.25, 0.3) is 5.56 Å². The van der Waals surface area contributed by atoms with E-state index in [0.717, 1.165) is 27.1 Å². The lowest BCUT2D eigenvalue weighted by Gasteiger charge is -2.24. The van der Waals surface area contributed by atoms with Gasteiger partial charge < -0.3 is 4.74 Å². The Hall–Kier alpha value is -4.36. The van der Waals surface area contributed by atoms with Gasteiger partial charge in [-0.3, -0.25) is 9.36 Å². The summed E-state index contributed by atoms with van der Waals surface area (Å²) in [5, 5.41) is 4.23. The van der Waals surface area contributed by atoms with Gasteiger partial charge in [0.05, 0.1) is 28.5 Å². The third kappa shape index (κ3) is 3.96. The molecule has 0 spiro atoms. The molecule has 0 bridgehead atoms. The Morgan fingerprint density at radius 2 is 1.66 bits per heavy atom. The van der Waals surface area contributed by atoms with Crippen LogP contribution in [0.5, 0.6) is 0 Å². The molecule has 4 aromatic carbocycles. The fourth-order valence-electron chi connectivity index (χ4n) is 5.09. The summed E-state index contributed by atoms with van der Waals surface area (Å²) >= 11 is 1.27. The summed E-state index contributed by atoms with van der Waals surface area (Å²) in [6.07, 6.45) is 1.92. The highest BCUT2D eigenvalue weighted by molar-refractivity contribution is 7.07. The van der Waals surface area contributed by atoms with E-state index in [9.17, 15) is 14.0 Å². The van der Waals surface area contributed by atoms with E-state index in [0.29, 0.717) is 20.6 Å². The molecule has 5 nitrogen and oxygen atoms in total. The zero-order chi connectivity index (χ0) is 26.4. The number of nitrogens with zero attached hydrogens (tertiary/aromatic N) is 2. The lowest BCUT2D eigenvalue weighted by atomic mass is 9.95. The average Bonchev–Trinajstić information content (AvgIpc) is 3.22. The molecule has 0 amide bonds. The summed E-state index contributed by atoms with van der Waals surface area (Å²) < 4.78 is 21.1. The lowest BCUT2D eigenvalue weighted by molar-refractivity contribution is -0.139. The Labute approximate surface area is 221 Å². The normalized spacial score (nSPS) is 15.6. The van der Waals surface area contributed by atoms with Crippen LogP contribution in [0, 0.1) is 5.82 Å². The molecule has 0 N–H and O–H groups in total. The van der Waals surface area contributed by atoms with Gasteiger partial charge in [0, 0.05) is 0 Å². The van der Waals surface area contributed by atoms with Crippen LogP contribution in [0.1, 0.15) is 31.0 Å². The Morgan fingerprint density at radius 3 is 2.29 bits per heavy atom. The maximum Gasteiger partial charge on any atom is 0.338 e. The smallest absolute Gasteiger partial charge is 0.338 e. The molecule has 0 radical (unpaired) electrons. The van der Waals surface area contributed by atoms with Gasteiger partial charge in [0.1, 0.15) is 5.82 Å². The van der Waals surface area contributed by atoms with Crippen LogP contribution in [0.3, 0.4) is 0 Å². The Bertz CT molecular complexity index is 1900. The summed E-state index contributed by atoms with van der Waals surface area (Å²) in [5.41, 5.74) is 2.03. The molecule has 1 aromatic heterocycles. The number of benzene rings is 4. The molecule has 5 aromatic rings. The van der Waals surface area contributed by atoms with Crippen LogP contribution in [-0.4, -0.2) is 17.1 Å². The first kappa shape index (κ1) is 24.0. The monoisotopic (exact) mass is 522 g/mol. The third-order valence-electron chi connectivity index (χ3n) is 6.79. The van der Waals surface area contributed by atoms with E-state index < -0.39 is 17.8 Å². The number of fused-ring (bicyclic) bond motifs is 3. The highest BCUT2D eigenvalue weighted by Crippen LogP contribution is 2.31. The van der Waals surface area contributed by atoms with Crippen molar-refractivity contribution in [1.82, 2.24) is 4.57 Å². The molecule has 1 atom stereocenters. The number of carbonyl (C=O) groups is 1. The molecule has 188 valence electrons. The molecule has 0 unspecified atom stereocenters. The van der Waals surface area contributed by atoms with E-state index in [1.807, 2.05) is 30.3 Å². The average molecular weight is 523 g/mol. The molecule has 0 fully saturated rings. The number of allylic oxidation sites excluding steroid dienone is 1. The number of carbonyl (C=O) groups excluding carboxylic acids is 1. The van der Waals surface area contributed by atoms with Crippen molar-refractivity contribution in [2.24, 2.45) is 4.99 Å². The Balaban J connectivity index is 1.64. The van der Waals surface area contributed by atoms with Crippen molar-refractivity contribution in [2.75, 3.05) is 6.61 Å². The van der Waals surface area contributed by atoms with Crippen LogP contribution in [0.25, 0.3) is 27.6 Å². The van der Waals surface area contributed by atoms with Crippen molar-refractivity contribution in [3.63, 3.8) is 0 Å². The standard InChI is InChI=1S/C31H23FN2O3S/c1-3-37-30(36)27-18(2)33-31-34(28(27)19-12-14-22(32)15-13-19)29(35)26(38-31)17-25-23-10-6-4-8-20(23)16-21-9-5-7-11-24(21)25/h4-17,28H,3H2,1-2H3/b26-17-/t28-/m1/s1. The second kappa shape index (κ2) is 9.50. The van der Waals surface area contributed by atoms with Gasteiger partial charge in [-0.25, -0.2) is 14.2 Å². The van der Waals surface area contributed by atoms with E-state index in [1.165, 1.54) is 28.0 Å². The topological polar surface area (TPSA) is 60.7 Å². The van der Waals surface area contributed by atoms with Gasteiger partial charge in [-0.15, -0.1) is 0 Å². The van der Waals surface area contributed by atoms with Gasteiger partial charge in [-0.1, -0.05) is 72.0 Å². The minimum Gasteiger partial charge on any atom is -0.463 e. The molecular weight excluding hydrogens is 499 g/mol. The van der Waals surface area contributed by atoms with Crippen molar-refractivity contribution in [3.8, 4) is 0 Å². The Kier molecular flexibility index (Phi) is 6.00. The molecule has 38 heavy (non-hydrogen) atoms. The molecule has 0 saturated carbocycles. The number of rotatable bonds is 4. The quantitative estimate of drug-likeness (QED) is 0.240. The lowest BCUT2D eigenvalue weighted by Crippen LogP contribution is -2.39. The van der Waals surface area contributed by atoms with Crippen LogP contribution in [0.4, 0.5) is 4.39 Å². The van der Waals surface area contributed by atoms with E-state index >= 15 is 0 Å². The van der Waals surface area contributed by atoms with Gasteiger partial charge in [-0.05, 0) is 70.8 Å². The van der Waals surface area contributed by atoms with Gasteiger partial charge in [-0.2, -0.15) is 0 Å². The van der Waals surface area contributed by atoms with Crippen LogP contribution in [-0.2, 0) is 9.53 Å². The molecule has 1 aliphatic heterocycles. The molecule has 1 aliphatic rings. The van der Waals surface area contributed by atoms with Crippen molar-refractivity contribution >= 4 is 44.9 Å². The fraction of sp³-hybridized carbons (Fsp3) is 0.129. The van der Waals surface area contributed by atoms with Crippen molar-refractivity contribution in [2.45, 2.75) is 19.9 Å². The number of ether oxygens (including phenoxy) is 1. The number of hydrogen-bond donors (Lipinski definition) is 0. The molecular formula is C31H23FN2O3S. The van der Waals surface area contributed by atoms with Crippen LogP contribution in [0.15, 0.2) is 99.9 Å². The predicted molar refractivity (Wildman–Crippen MR) is 148 cm³/mol. The molecule has 2 heterocycles. The van der Waals surface area contributed by atoms with Crippen molar-refractivity contribution in [3.05, 3.63) is 127 Å². The number of halogens is 1. The minimum atomic E-state index is -0.780. The van der Waals surface area contributed by atoms with Crippen molar-refractivity contribution in [1.29, 1.82) is 0 Å². The van der Waals surface area contributed by atoms with Crippen LogP contribution < -0.4 is 14.9 Å². The summed E-state index contributed by atoms with van der Waals surface area (Å²) in [4.78, 5) is 32.2. The minimum absolute atomic E-state index is 0.185. The highest BCUT2D eigenvalue weighted by Gasteiger charge is 2.33. The van der Waals surface area contributed by atoms with E-state index in [1.54, 1.807) is 26.0 Å². The summed E-state index contributed by atoms with van der Waals surface area (Å²) in [6.45, 7) is 3.65. The van der Waals surface area contributed by atoms with Gasteiger partial charge in [0.15, 0.2) is 4.80 Å². The summed E-state index contributed by atoms with van der Waals surface area (Å²) in [7, 11) is 0. The third-order valence-corrected chi connectivity index (χ3v) is 7.77. The molecule has 6 rings (SSSR count). The van der Waals surface area contributed by atoms with Crippen molar-refractivity contribution < 1.29 is 13.9 Å². The molecule has 0 saturated heterocycles. The number of thiazole rings is 1. The molecule has 0 aliphatic carbocycles. The zero-order valence-corrected chi connectivity index (χ0v) is 21.6. The van der Waals surface area contributed by atoms with Crippen LogP contribution in [0.2, 0.25) is 0 Å². The van der Waals surface area contributed by atoms with E-state index in [2.05, 4.69) is 35.3 Å². The SMILES string of the molecule is CCOC(=O)C1=C(C)N=c2s/c(=C\c3c4ccccc4cc4ccccc34)c(=O)n2[C@@H]1c1ccc(F)cc1.